The van der Waals surface area contributed by atoms with Gasteiger partial charge in [0.25, 0.3) is 0 Å². The van der Waals surface area contributed by atoms with Gasteiger partial charge in [0.1, 0.15) is 5.65 Å². The van der Waals surface area contributed by atoms with Crippen LogP contribution in [0.5, 0.6) is 0 Å². The monoisotopic (exact) mass is 495 g/mol. The van der Waals surface area contributed by atoms with Gasteiger partial charge in [-0.15, -0.1) is 0 Å². The van der Waals surface area contributed by atoms with Gasteiger partial charge in [0.05, 0.1) is 16.7 Å². The van der Waals surface area contributed by atoms with Crippen molar-refractivity contribution in [2.75, 3.05) is 0 Å². The molecule has 0 amide bonds. The van der Waals surface area contributed by atoms with Crippen LogP contribution in [0.25, 0.3) is 88.2 Å². The average molecular weight is 496 g/mol. The highest BCUT2D eigenvalue weighted by molar-refractivity contribution is 6.19. The highest BCUT2D eigenvalue weighted by Crippen LogP contribution is 2.49. The number of hydrogen-bond donors (Lipinski definition) is 1. The van der Waals surface area contributed by atoms with E-state index in [0.29, 0.717) is 0 Å². The SMILES string of the molecule is c1ccc2c(c1)-c1cccc3c(-c4ccc(-c5ccc6ccc7c8cccnc8[nH]c7c6n5)cc4)ccc-2c13. The lowest BCUT2D eigenvalue weighted by atomic mass is 9.93. The van der Waals surface area contributed by atoms with E-state index >= 15 is 0 Å². The van der Waals surface area contributed by atoms with Crippen LogP contribution in [0.4, 0.5) is 0 Å². The van der Waals surface area contributed by atoms with Crippen LogP contribution in [0.3, 0.4) is 0 Å². The first kappa shape index (κ1) is 20.7. The number of fused-ring (bicyclic) bond motifs is 8. The fraction of sp³-hybridized carbons (Fsp3) is 0. The summed E-state index contributed by atoms with van der Waals surface area (Å²) in [6, 6.07) is 41.4. The standard InChI is InChI=1S/C36H21N3/c1-2-6-26-25(5-1)28-8-3-7-27-24(17-18-29(26)33(27)28)21-10-12-22(13-11-21)32-19-15-23-14-16-30-31-9-4-20-37-36(31)39-35(30)34(23)38-32/h1-20H,(H,37,39). The van der Waals surface area contributed by atoms with E-state index in [2.05, 4.69) is 119 Å². The van der Waals surface area contributed by atoms with Crippen molar-refractivity contribution in [1.82, 2.24) is 15.0 Å². The number of rotatable bonds is 2. The Morgan fingerprint density at radius 1 is 0.487 bits per heavy atom. The molecule has 0 unspecified atom stereocenters. The van der Waals surface area contributed by atoms with Gasteiger partial charge in [0.2, 0.25) is 0 Å². The number of aromatic amines is 1. The van der Waals surface area contributed by atoms with Crippen molar-refractivity contribution >= 4 is 43.6 Å². The van der Waals surface area contributed by atoms with E-state index in [1.54, 1.807) is 0 Å². The Bertz CT molecular complexity index is 2240. The average Bonchev–Trinajstić information content (AvgIpc) is 3.55. The molecule has 3 nitrogen and oxygen atoms in total. The number of nitrogens with one attached hydrogen (secondary N) is 1. The van der Waals surface area contributed by atoms with Gasteiger partial charge in [0.15, 0.2) is 0 Å². The number of benzene rings is 5. The predicted octanol–water partition coefficient (Wildman–Crippen LogP) is 9.40. The van der Waals surface area contributed by atoms with Crippen LogP contribution in [0.1, 0.15) is 0 Å². The van der Waals surface area contributed by atoms with Gasteiger partial charge in [-0.05, 0) is 62.4 Å². The molecule has 3 heterocycles. The molecule has 0 saturated heterocycles. The lowest BCUT2D eigenvalue weighted by Crippen LogP contribution is -1.88. The van der Waals surface area contributed by atoms with Crippen LogP contribution in [-0.4, -0.2) is 15.0 Å². The predicted molar refractivity (Wildman–Crippen MR) is 162 cm³/mol. The summed E-state index contributed by atoms with van der Waals surface area (Å²) in [5, 5.41) is 6.04. The molecule has 3 aromatic heterocycles. The summed E-state index contributed by atoms with van der Waals surface area (Å²) in [7, 11) is 0. The number of H-pyrrole nitrogens is 1. The van der Waals surface area contributed by atoms with Gasteiger partial charge in [-0.2, -0.15) is 0 Å². The zero-order valence-corrected chi connectivity index (χ0v) is 20.9. The summed E-state index contributed by atoms with van der Waals surface area (Å²) >= 11 is 0. The first-order valence-electron chi connectivity index (χ1n) is 13.3. The molecule has 0 radical (unpaired) electrons. The number of nitrogens with zero attached hydrogens (tertiary/aromatic N) is 2. The van der Waals surface area contributed by atoms with E-state index in [1.165, 1.54) is 44.2 Å². The lowest BCUT2D eigenvalue weighted by Gasteiger charge is -2.11. The van der Waals surface area contributed by atoms with E-state index in [1.807, 2.05) is 12.3 Å². The van der Waals surface area contributed by atoms with Crippen LogP contribution in [0.2, 0.25) is 0 Å². The summed E-state index contributed by atoms with van der Waals surface area (Å²) in [6.45, 7) is 0. The molecule has 1 aliphatic rings. The topological polar surface area (TPSA) is 41.6 Å². The van der Waals surface area contributed by atoms with Crippen LogP contribution < -0.4 is 0 Å². The Kier molecular flexibility index (Phi) is 4.05. The van der Waals surface area contributed by atoms with Crippen molar-refractivity contribution in [3.8, 4) is 44.6 Å². The van der Waals surface area contributed by atoms with Crippen molar-refractivity contribution in [3.05, 3.63) is 121 Å². The Hall–Kier alpha value is -5.28. The molecule has 0 saturated carbocycles. The van der Waals surface area contributed by atoms with Crippen LogP contribution >= 0.6 is 0 Å². The van der Waals surface area contributed by atoms with Gasteiger partial charge in [-0.25, -0.2) is 9.97 Å². The Morgan fingerprint density at radius 2 is 1.21 bits per heavy atom. The van der Waals surface area contributed by atoms with Crippen LogP contribution in [0.15, 0.2) is 121 Å². The minimum Gasteiger partial charge on any atom is -0.337 e. The molecule has 8 aromatic rings. The summed E-state index contributed by atoms with van der Waals surface area (Å²) in [5.41, 5.74) is 12.7. The maximum atomic E-state index is 5.12. The quantitative estimate of drug-likeness (QED) is 0.259. The highest BCUT2D eigenvalue weighted by atomic mass is 14.9. The molecule has 3 heteroatoms. The molecule has 0 spiro atoms. The van der Waals surface area contributed by atoms with Crippen molar-refractivity contribution in [1.29, 1.82) is 0 Å². The molecular formula is C36H21N3. The molecule has 180 valence electrons. The third-order valence-corrected chi connectivity index (χ3v) is 8.24. The van der Waals surface area contributed by atoms with Crippen LogP contribution in [0, 0.1) is 0 Å². The molecule has 0 atom stereocenters. The molecule has 5 aromatic carbocycles. The summed E-state index contributed by atoms with van der Waals surface area (Å²) in [4.78, 5) is 13.1. The number of aromatic nitrogens is 3. The zero-order valence-electron chi connectivity index (χ0n) is 20.9. The largest absolute Gasteiger partial charge is 0.337 e. The third kappa shape index (κ3) is 2.87. The van der Waals surface area contributed by atoms with Crippen molar-refractivity contribution in [2.24, 2.45) is 0 Å². The highest BCUT2D eigenvalue weighted by Gasteiger charge is 2.22. The van der Waals surface area contributed by atoms with E-state index in [-0.39, 0.29) is 0 Å². The molecule has 39 heavy (non-hydrogen) atoms. The zero-order chi connectivity index (χ0) is 25.5. The second kappa shape index (κ2) is 7.62. The molecular weight excluding hydrogens is 474 g/mol. The van der Waals surface area contributed by atoms with Crippen molar-refractivity contribution in [3.63, 3.8) is 0 Å². The number of hydrogen-bond acceptors (Lipinski definition) is 2. The summed E-state index contributed by atoms with van der Waals surface area (Å²) < 4.78 is 0. The molecule has 0 fully saturated rings. The summed E-state index contributed by atoms with van der Waals surface area (Å²) in [6.07, 6.45) is 1.82. The summed E-state index contributed by atoms with van der Waals surface area (Å²) in [5.74, 6) is 0. The van der Waals surface area contributed by atoms with Crippen LogP contribution in [-0.2, 0) is 0 Å². The molecule has 1 N–H and O–H groups in total. The molecule has 1 aliphatic carbocycles. The first-order valence-corrected chi connectivity index (χ1v) is 13.3. The van der Waals surface area contributed by atoms with Gasteiger partial charge < -0.3 is 4.98 Å². The van der Waals surface area contributed by atoms with Crippen molar-refractivity contribution < 1.29 is 0 Å². The van der Waals surface area contributed by atoms with E-state index in [0.717, 1.165) is 44.1 Å². The fourth-order valence-electron chi connectivity index (χ4n) is 6.42. The van der Waals surface area contributed by atoms with Gasteiger partial charge in [-0.3, -0.25) is 0 Å². The lowest BCUT2D eigenvalue weighted by molar-refractivity contribution is 1.34. The number of pyridine rings is 2. The molecule has 9 rings (SSSR count). The normalized spacial score (nSPS) is 12.1. The van der Waals surface area contributed by atoms with Gasteiger partial charge in [-0.1, -0.05) is 97.1 Å². The second-order valence-corrected chi connectivity index (χ2v) is 10.3. The maximum absolute atomic E-state index is 5.12. The Balaban J connectivity index is 1.16. The van der Waals surface area contributed by atoms with E-state index in [4.69, 9.17) is 4.98 Å². The third-order valence-electron chi connectivity index (χ3n) is 8.24. The van der Waals surface area contributed by atoms with E-state index < -0.39 is 0 Å². The van der Waals surface area contributed by atoms with Crippen molar-refractivity contribution in [2.45, 2.75) is 0 Å². The first-order chi connectivity index (χ1) is 19.3. The minimum atomic E-state index is 0.894. The smallest absolute Gasteiger partial charge is 0.138 e. The molecule has 0 aliphatic heterocycles. The Labute approximate surface area is 224 Å². The maximum Gasteiger partial charge on any atom is 0.138 e. The second-order valence-electron chi connectivity index (χ2n) is 10.3. The minimum absolute atomic E-state index is 0.894. The van der Waals surface area contributed by atoms with Gasteiger partial charge >= 0.3 is 0 Å². The fourth-order valence-corrected chi connectivity index (χ4v) is 6.42. The van der Waals surface area contributed by atoms with Gasteiger partial charge in [0, 0.05) is 27.9 Å². The molecule has 0 bridgehead atoms. The van der Waals surface area contributed by atoms with E-state index in [9.17, 15) is 0 Å². The Morgan fingerprint density at radius 3 is 2.08 bits per heavy atom.